The highest BCUT2D eigenvalue weighted by Crippen LogP contribution is 2.26. The molecule has 0 bridgehead atoms. The summed E-state index contributed by atoms with van der Waals surface area (Å²) in [6.45, 7) is 0. The fourth-order valence-corrected chi connectivity index (χ4v) is 2.59. The molecule has 4 unspecified atom stereocenters. The number of hydrogen-bond acceptors (Lipinski definition) is 6. The van der Waals surface area contributed by atoms with Gasteiger partial charge in [-0.25, -0.2) is 0 Å². The first kappa shape index (κ1) is 20.5. The van der Waals surface area contributed by atoms with E-state index in [2.05, 4.69) is 37.9 Å². The highest BCUT2D eigenvalue weighted by atomic mass is 32.1. The summed E-state index contributed by atoms with van der Waals surface area (Å²) in [5.74, 6) is -3.64. The van der Waals surface area contributed by atoms with Crippen LogP contribution in [0.15, 0.2) is 0 Å². The number of carbonyl (C=O) groups is 3. The van der Waals surface area contributed by atoms with Crippen LogP contribution in [0.25, 0.3) is 0 Å². The van der Waals surface area contributed by atoms with Crippen molar-refractivity contribution in [3.8, 4) is 0 Å². The molecule has 0 aliphatic heterocycles. The molecular formula is C12H20O6S3. The number of carboxylic acid groups (broad SMARTS) is 3. The van der Waals surface area contributed by atoms with Crippen molar-refractivity contribution in [1.82, 2.24) is 0 Å². The fraction of sp³-hybridized carbons (Fsp3) is 0.750. The van der Waals surface area contributed by atoms with Crippen LogP contribution in [-0.2, 0) is 14.4 Å². The van der Waals surface area contributed by atoms with E-state index in [4.69, 9.17) is 15.3 Å². The lowest BCUT2D eigenvalue weighted by Gasteiger charge is -2.22. The second-order valence-electron chi connectivity index (χ2n) is 4.77. The Kier molecular flexibility index (Phi) is 9.97. The van der Waals surface area contributed by atoms with Gasteiger partial charge in [0.05, 0.1) is 10.5 Å². The monoisotopic (exact) mass is 356 g/mol. The molecule has 4 atom stereocenters. The van der Waals surface area contributed by atoms with Gasteiger partial charge in [-0.2, -0.15) is 37.9 Å². The third-order valence-electron chi connectivity index (χ3n) is 3.10. The molecule has 3 N–H and O–H groups in total. The lowest BCUT2D eigenvalue weighted by Crippen LogP contribution is -2.29. The van der Waals surface area contributed by atoms with E-state index in [1.807, 2.05) is 0 Å². The SMILES string of the molecule is O=C(O)C(S)CCCCC(CC(S)C(=O)O)C(S)C(=O)O. The molecule has 0 aromatic carbocycles. The lowest BCUT2D eigenvalue weighted by molar-refractivity contribution is -0.139. The van der Waals surface area contributed by atoms with E-state index in [0.29, 0.717) is 25.7 Å². The third kappa shape index (κ3) is 8.47. The maximum atomic E-state index is 11.0. The lowest BCUT2D eigenvalue weighted by atomic mass is 9.92. The van der Waals surface area contributed by atoms with Gasteiger partial charge in [-0.05, 0) is 25.2 Å². The van der Waals surface area contributed by atoms with Gasteiger partial charge in [-0.15, -0.1) is 0 Å². The Morgan fingerprint density at radius 2 is 1.24 bits per heavy atom. The Morgan fingerprint density at radius 3 is 1.67 bits per heavy atom. The molecule has 0 heterocycles. The molecule has 0 saturated heterocycles. The Balaban J connectivity index is 4.38. The summed E-state index contributed by atoms with van der Waals surface area (Å²) in [6.07, 6.45) is 2.08. The minimum atomic E-state index is -1.10. The van der Waals surface area contributed by atoms with Gasteiger partial charge in [0.15, 0.2) is 0 Å². The molecule has 0 aliphatic rings. The summed E-state index contributed by atoms with van der Waals surface area (Å²) < 4.78 is 0. The molecule has 9 heteroatoms. The molecule has 0 radical (unpaired) electrons. The molecule has 6 nitrogen and oxygen atoms in total. The molecule has 0 fully saturated rings. The van der Waals surface area contributed by atoms with E-state index in [1.165, 1.54) is 0 Å². The van der Waals surface area contributed by atoms with Gasteiger partial charge in [0, 0.05) is 0 Å². The zero-order chi connectivity index (χ0) is 16.6. The molecule has 122 valence electrons. The number of unbranched alkanes of at least 4 members (excludes halogenated alkanes) is 1. The van der Waals surface area contributed by atoms with Gasteiger partial charge in [0.25, 0.3) is 0 Å². The molecule has 0 amide bonds. The fourth-order valence-electron chi connectivity index (χ4n) is 1.86. The van der Waals surface area contributed by atoms with Crippen molar-refractivity contribution in [3.05, 3.63) is 0 Å². The Bertz CT molecular complexity index is 376. The quantitative estimate of drug-likeness (QED) is 0.248. The van der Waals surface area contributed by atoms with Crippen LogP contribution in [0.1, 0.15) is 32.1 Å². The van der Waals surface area contributed by atoms with E-state index >= 15 is 0 Å². The largest absolute Gasteiger partial charge is 0.480 e. The Morgan fingerprint density at radius 1 is 0.762 bits per heavy atom. The second kappa shape index (κ2) is 10.2. The van der Waals surface area contributed by atoms with Crippen molar-refractivity contribution in [1.29, 1.82) is 0 Å². The maximum Gasteiger partial charge on any atom is 0.316 e. The van der Waals surface area contributed by atoms with E-state index < -0.39 is 39.6 Å². The first-order valence-electron chi connectivity index (χ1n) is 6.39. The van der Waals surface area contributed by atoms with Gasteiger partial charge in [-0.1, -0.05) is 12.8 Å². The van der Waals surface area contributed by atoms with Crippen LogP contribution in [0.4, 0.5) is 0 Å². The maximum absolute atomic E-state index is 11.0. The number of aliphatic carboxylic acids is 3. The van der Waals surface area contributed by atoms with Crippen LogP contribution >= 0.6 is 37.9 Å². The first-order valence-corrected chi connectivity index (χ1v) is 7.94. The molecule has 0 rings (SSSR count). The van der Waals surface area contributed by atoms with Crippen LogP contribution in [0.2, 0.25) is 0 Å². The molecule has 0 aromatic heterocycles. The summed E-state index contributed by atoms with van der Waals surface area (Å²) >= 11 is 11.8. The molecule has 0 aliphatic carbocycles. The Labute approximate surface area is 139 Å². The van der Waals surface area contributed by atoms with Crippen LogP contribution in [0.5, 0.6) is 0 Å². The van der Waals surface area contributed by atoms with Crippen LogP contribution in [-0.4, -0.2) is 49.0 Å². The standard InChI is InChI=1S/C12H20O6S3/c13-10(14)7(19)4-2-1-3-6(9(21)12(17)18)5-8(20)11(15)16/h6-9,19-21H,1-5H2,(H,13,14)(H,15,16)(H,17,18). The van der Waals surface area contributed by atoms with Crippen LogP contribution in [0.3, 0.4) is 0 Å². The molecule has 0 spiro atoms. The van der Waals surface area contributed by atoms with Gasteiger partial charge in [0.2, 0.25) is 0 Å². The number of hydrogen-bond donors (Lipinski definition) is 6. The number of rotatable bonds is 11. The van der Waals surface area contributed by atoms with Crippen molar-refractivity contribution in [2.45, 2.75) is 47.9 Å². The van der Waals surface area contributed by atoms with Crippen molar-refractivity contribution < 1.29 is 29.7 Å². The second-order valence-corrected chi connectivity index (χ2v) is 6.57. The topological polar surface area (TPSA) is 112 Å². The van der Waals surface area contributed by atoms with Crippen LogP contribution in [0, 0.1) is 5.92 Å². The van der Waals surface area contributed by atoms with Crippen molar-refractivity contribution >= 4 is 55.8 Å². The van der Waals surface area contributed by atoms with E-state index in [1.54, 1.807) is 0 Å². The zero-order valence-corrected chi connectivity index (χ0v) is 13.9. The summed E-state index contributed by atoms with van der Waals surface area (Å²) in [7, 11) is 0. The van der Waals surface area contributed by atoms with Gasteiger partial charge in [-0.3, -0.25) is 14.4 Å². The molecule has 0 aromatic rings. The average molecular weight is 356 g/mol. The van der Waals surface area contributed by atoms with Crippen molar-refractivity contribution in [2.24, 2.45) is 5.92 Å². The highest BCUT2D eigenvalue weighted by Gasteiger charge is 2.28. The highest BCUT2D eigenvalue weighted by molar-refractivity contribution is 7.82. The molecule has 0 saturated carbocycles. The van der Waals surface area contributed by atoms with E-state index in [-0.39, 0.29) is 6.42 Å². The van der Waals surface area contributed by atoms with Gasteiger partial charge < -0.3 is 15.3 Å². The third-order valence-corrected chi connectivity index (χ3v) is 4.65. The van der Waals surface area contributed by atoms with E-state index in [0.717, 1.165) is 0 Å². The number of carboxylic acids is 3. The Hall–Kier alpha value is -0.540. The summed E-state index contributed by atoms with van der Waals surface area (Å²) in [5.41, 5.74) is 0. The first-order chi connectivity index (χ1) is 9.66. The molecular weight excluding hydrogens is 336 g/mol. The van der Waals surface area contributed by atoms with Crippen molar-refractivity contribution in [3.63, 3.8) is 0 Å². The summed E-state index contributed by atoms with van der Waals surface area (Å²) in [5, 5.41) is 23.8. The predicted octanol–water partition coefficient (Wildman–Crippen LogP) is 1.70. The summed E-state index contributed by atoms with van der Waals surface area (Å²) in [6, 6.07) is 0. The predicted molar refractivity (Wildman–Crippen MR) is 87.8 cm³/mol. The summed E-state index contributed by atoms with van der Waals surface area (Å²) in [4.78, 5) is 32.4. The van der Waals surface area contributed by atoms with E-state index in [9.17, 15) is 14.4 Å². The smallest absolute Gasteiger partial charge is 0.316 e. The van der Waals surface area contributed by atoms with Crippen molar-refractivity contribution in [2.75, 3.05) is 0 Å². The minimum Gasteiger partial charge on any atom is -0.480 e. The minimum absolute atomic E-state index is 0.0994. The molecule has 21 heavy (non-hydrogen) atoms. The normalized spacial score (nSPS) is 16.7. The number of thiol groups is 3. The van der Waals surface area contributed by atoms with Crippen LogP contribution < -0.4 is 0 Å². The zero-order valence-electron chi connectivity index (χ0n) is 11.3. The average Bonchev–Trinajstić information content (AvgIpc) is 2.40. The van der Waals surface area contributed by atoms with Gasteiger partial charge in [0.1, 0.15) is 5.25 Å². The van der Waals surface area contributed by atoms with Gasteiger partial charge >= 0.3 is 17.9 Å².